The Morgan fingerprint density at radius 3 is 2.33 bits per heavy atom. The van der Waals surface area contributed by atoms with Crippen LogP contribution in [0.5, 0.6) is 5.75 Å². The summed E-state index contributed by atoms with van der Waals surface area (Å²) in [5.74, 6) is 0.929. The molecule has 0 saturated carbocycles. The molecule has 30 heavy (non-hydrogen) atoms. The molecule has 1 amide bonds. The molecule has 1 N–H and O–H groups in total. The highest BCUT2D eigenvalue weighted by Crippen LogP contribution is 2.26. The van der Waals surface area contributed by atoms with Gasteiger partial charge in [0.05, 0.1) is 18.0 Å². The minimum Gasteiger partial charge on any atom is -0.496 e. The van der Waals surface area contributed by atoms with E-state index in [2.05, 4.69) is 19.2 Å². The van der Waals surface area contributed by atoms with Crippen molar-refractivity contribution in [1.82, 2.24) is 9.62 Å². The molecule has 2 aromatic carbocycles. The number of amides is 1. The molecule has 7 heteroatoms. The monoisotopic (exact) mass is 432 g/mol. The number of aryl methyl sites for hydroxylation is 1. The minimum atomic E-state index is -3.55. The number of carbonyl (C=O) groups excluding carboxylic acids is 1. The summed E-state index contributed by atoms with van der Waals surface area (Å²) in [6, 6.07) is 14.6. The molecular weight excluding hydrogens is 400 g/mol. The van der Waals surface area contributed by atoms with E-state index in [0.717, 1.165) is 12.0 Å². The lowest BCUT2D eigenvalue weighted by molar-refractivity contribution is -0.121. The summed E-state index contributed by atoms with van der Waals surface area (Å²) in [5.41, 5.74) is 1.77. The topological polar surface area (TPSA) is 75.7 Å². The van der Waals surface area contributed by atoms with Gasteiger partial charge in [0.2, 0.25) is 15.9 Å². The van der Waals surface area contributed by atoms with E-state index in [1.54, 1.807) is 12.1 Å². The van der Waals surface area contributed by atoms with Crippen molar-refractivity contribution in [2.45, 2.75) is 44.0 Å². The Morgan fingerprint density at radius 2 is 1.77 bits per heavy atom. The molecular formula is C23H32N2O4S. The van der Waals surface area contributed by atoms with Crippen molar-refractivity contribution in [1.29, 1.82) is 0 Å². The summed E-state index contributed by atoms with van der Waals surface area (Å²) < 4.78 is 31.4. The van der Waals surface area contributed by atoms with E-state index in [1.807, 2.05) is 30.3 Å². The molecule has 0 saturated heterocycles. The Labute approximate surface area is 180 Å². The second kappa shape index (κ2) is 10.6. The number of carbonyl (C=O) groups is 1. The average molecular weight is 433 g/mol. The summed E-state index contributed by atoms with van der Waals surface area (Å²) in [4.78, 5) is 12.9. The van der Waals surface area contributed by atoms with E-state index in [0.29, 0.717) is 23.7 Å². The van der Waals surface area contributed by atoms with Gasteiger partial charge in [0.15, 0.2) is 0 Å². The van der Waals surface area contributed by atoms with Gasteiger partial charge < -0.3 is 10.1 Å². The first-order valence-electron chi connectivity index (χ1n) is 10.1. The molecule has 0 heterocycles. The zero-order valence-electron chi connectivity index (χ0n) is 18.4. The van der Waals surface area contributed by atoms with E-state index in [1.165, 1.54) is 31.6 Å². The number of nitrogens with one attached hydrogen (secondary N) is 1. The quantitative estimate of drug-likeness (QED) is 0.620. The summed E-state index contributed by atoms with van der Waals surface area (Å²) in [7, 11) is 0.963. The van der Waals surface area contributed by atoms with Gasteiger partial charge in [-0.3, -0.25) is 4.79 Å². The summed E-state index contributed by atoms with van der Waals surface area (Å²) in [6.07, 6.45) is 1.47. The standard InChI is InChI=1S/C23H32N2O4S/c1-17(2)15-21(18-9-7-6-8-10-18)24-23(26)14-11-19-16-20(12-13-22(19)29-5)30(27,28)25(3)4/h6-10,12-13,16-17,21H,11,14-15H2,1-5H3,(H,24,26)/t21-/m0/s1. The van der Waals surface area contributed by atoms with Gasteiger partial charge in [-0.2, -0.15) is 0 Å². The van der Waals surface area contributed by atoms with Crippen LogP contribution in [0.2, 0.25) is 0 Å². The van der Waals surface area contributed by atoms with Crippen LogP contribution in [0.4, 0.5) is 0 Å². The van der Waals surface area contributed by atoms with Crippen molar-refractivity contribution in [3.63, 3.8) is 0 Å². The maximum atomic E-state index is 12.7. The van der Waals surface area contributed by atoms with Gasteiger partial charge in [-0.15, -0.1) is 0 Å². The van der Waals surface area contributed by atoms with Gasteiger partial charge in [-0.1, -0.05) is 44.2 Å². The molecule has 0 aliphatic heterocycles. The van der Waals surface area contributed by atoms with E-state index in [4.69, 9.17) is 4.74 Å². The van der Waals surface area contributed by atoms with Gasteiger partial charge in [0.1, 0.15) is 5.75 Å². The van der Waals surface area contributed by atoms with Gasteiger partial charge in [0, 0.05) is 20.5 Å². The van der Waals surface area contributed by atoms with Crippen LogP contribution in [0.3, 0.4) is 0 Å². The van der Waals surface area contributed by atoms with E-state index in [-0.39, 0.29) is 23.3 Å². The van der Waals surface area contributed by atoms with Gasteiger partial charge in [-0.05, 0) is 48.1 Å². The number of rotatable bonds is 10. The Balaban J connectivity index is 2.14. The third-order valence-corrected chi connectivity index (χ3v) is 6.71. The first-order chi connectivity index (χ1) is 14.1. The number of hydrogen-bond donors (Lipinski definition) is 1. The van der Waals surface area contributed by atoms with Crippen molar-refractivity contribution in [3.05, 3.63) is 59.7 Å². The van der Waals surface area contributed by atoms with Gasteiger partial charge in [-0.25, -0.2) is 12.7 Å². The van der Waals surface area contributed by atoms with E-state index >= 15 is 0 Å². The van der Waals surface area contributed by atoms with Crippen molar-refractivity contribution < 1.29 is 17.9 Å². The summed E-state index contributed by atoms with van der Waals surface area (Å²) in [5, 5.41) is 3.13. The first kappa shape index (κ1) is 23.9. The fourth-order valence-corrected chi connectivity index (χ4v) is 4.22. The average Bonchev–Trinajstić information content (AvgIpc) is 2.71. The number of hydrogen-bond acceptors (Lipinski definition) is 4. The lowest BCUT2D eigenvalue weighted by Gasteiger charge is -2.21. The van der Waals surface area contributed by atoms with Crippen LogP contribution in [0.1, 0.15) is 43.9 Å². The molecule has 0 radical (unpaired) electrons. The minimum absolute atomic E-state index is 0.0546. The van der Waals surface area contributed by atoms with Crippen LogP contribution in [0.25, 0.3) is 0 Å². The van der Waals surface area contributed by atoms with E-state index in [9.17, 15) is 13.2 Å². The second-order valence-electron chi connectivity index (χ2n) is 7.92. The van der Waals surface area contributed by atoms with Crippen LogP contribution in [-0.2, 0) is 21.2 Å². The molecule has 6 nitrogen and oxygen atoms in total. The molecule has 0 fully saturated rings. The molecule has 1 atom stereocenters. The summed E-state index contributed by atoms with van der Waals surface area (Å²) in [6.45, 7) is 4.26. The maximum Gasteiger partial charge on any atom is 0.242 e. The molecule has 0 spiro atoms. The number of methoxy groups -OCH3 is 1. The van der Waals surface area contributed by atoms with Crippen molar-refractivity contribution in [3.8, 4) is 5.75 Å². The largest absolute Gasteiger partial charge is 0.496 e. The molecule has 0 aliphatic carbocycles. The van der Waals surface area contributed by atoms with Crippen molar-refractivity contribution in [2.75, 3.05) is 21.2 Å². The molecule has 0 aromatic heterocycles. The fraction of sp³-hybridized carbons (Fsp3) is 0.435. The highest BCUT2D eigenvalue weighted by molar-refractivity contribution is 7.89. The Morgan fingerprint density at radius 1 is 1.10 bits per heavy atom. The SMILES string of the molecule is COc1ccc(S(=O)(=O)N(C)C)cc1CCC(=O)N[C@@H](CC(C)C)c1ccccc1. The molecule has 0 aliphatic rings. The van der Waals surface area contributed by atoms with Crippen LogP contribution in [0.15, 0.2) is 53.4 Å². The first-order valence-corrected chi connectivity index (χ1v) is 11.5. The third kappa shape index (κ3) is 6.31. The van der Waals surface area contributed by atoms with Gasteiger partial charge >= 0.3 is 0 Å². The van der Waals surface area contributed by atoms with Crippen LogP contribution in [0, 0.1) is 5.92 Å². The third-order valence-electron chi connectivity index (χ3n) is 4.90. The van der Waals surface area contributed by atoms with Crippen molar-refractivity contribution in [2.24, 2.45) is 5.92 Å². The number of ether oxygens (including phenoxy) is 1. The number of nitrogens with zero attached hydrogens (tertiary/aromatic N) is 1. The Hall–Kier alpha value is -2.38. The normalized spacial score (nSPS) is 12.8. The predicted octanol–water partition coefficient (Wildman–Crippen LogP) is 3.78. The zero-order chi connectivity index (χ0) is 22.3. The fourth-order valence-electron chi connectivity index (χ4n) is 3.27. The van der Waals surface area contributed by atoms with Crippen molar-refractivity contribution >= 4 is 15.9 Å². The maximum absolute atomic E-state index is 12.7. The Bertz CT molecular complexity index is 941. The van der Waals surface area contributed by atoms with Crippen LogP contribution >= 0.6 is 0 Å². The highest BCUT2D eigenvalue weighted by Gasteiger charge is 2.20. The Kier molecular flexibility index (Phi) is 8.43. The smallest absolute Gasteiger partial charge is 0.242 e. The molecule has 164 valence electrons. The predicted molar refractivity (Wildman–Crippen MR) is 119 cm³/mol. The molecule has 0 unspecified atom stereocenters. The van der Waals surface area contributed by atoms with Gasteiger partial charge in [0.25, 0.3) is 0 Å². The molecule has 0 bridgehead atoms. The van der Waals surface area contributed by atoms with Crippen LogP contribution < -0.4 is 10.1 Å². The molecule has 2 aromatic rings. The second-order valence-corrected chi connectivity index (χ2v) is 10.1. The molecule has 2 rings (SSSR count). The number of benzene rings is 2. The van der Waals surface area contributed by atoms with E-state index < -0.39 is 10.0 Å². The van der Waals surface area contributed by atoms with Crippen LogP contribution in [-0.4, -0.2) is 39.8 Å². The summed E-state index contributed by atoms with van der Waals surface area (Å²) >= 11 is 0. The number of sulfonamides is 1. The lowest BCUT2D eigenvalue weighted by Crippen LogP contribution is -2.29. The lowest BCUT2D eigenvalue weighted by atomic mass is 9.96. The zero-order valence-corrected chi connectivity index (χ0v) is 19.2. The highest BCUT2D eigenvalue weighted by atomic mass is 32.2.